The first-order valence-electron chi connectivity index (χ1n) is 10.5. The molecule has 1 aromatic heterocycles. The maximum Gasteiger partial charge on any atom is 0.253 e. The van der Waals surface area contributed by atoms with Crippen LogP contribution in [0.5, 0.6) is 0 Å². The van der Waals surface area contributed by atoms with Crippen molar-refractivity contribution in [2.45, 2.75) is 39.3 Å². The van der Waals surface area contributed by atoms with Crippen molar-refractivity contribution in [1.29, 1.82) is 0 Å². The van der Waals surface area contributed by atoms with E-state index in [1.54, 1.807) is 12.1 Å². The second kappa shape index (κ2) is 9.16. The predicted octanol–water partition coefficient (Wildman–Crippen LogP) is 4.66. The summed E-state index contributed by atoms with van der Waals surface area (Å²) in [5.41, 5.74) is 4.26. The number of hydrogen-bond donors (Lipinski definition) is 2. The highest BCUT2D eigenvalue weighted by molar-refractivity contribution is 7.80. The van der Waals surface area contributed by atoms with Crippen molar-refractivity contribution in [3.63, 3.8) is 0 Å². The molecule has 0 spiro atoms. The Balaban J connectivity index is 1.62. The number of anilines is 1. The van der Waals surface area contributed by atoms with Crippen LogP contribution < -0.4 is 10.9 Å². The first kappa shape index (κ1) is 21.5. The van der Waals surface area contributed by atoms with Gasteiger partial charge >= 0.3 is 0 Å². The Hall–Kier alpha value is -2.77. The molecule has 0 unspecified atom stereocenters. The summed E-state index contributed by atoms with van der Waals surface area (Å²) in [7, 11) is 0. The second-order valence-electron chi connectivity index (χ2n) is 8.12. The second-order valence-corrected chi connectivity index (χ2v) is 8.51. The zero-order valence-electron chi connectivity index (χ0n) is 17.7. The number of benzene rings is 2. The van der Waals surface area contributed by atoms with Gasteiger partial charge in [-0.3, -0.25) is 4.79 Å². The molecule has 7 heteroatoms. The average molecular weight is 440 g/mol. The first-order valence-corrected chi connectivity index (χ1v) is 10.9. The van der Waals surface area contributed by atoms with E-state index in [0.29, 0.717) is 29.5 Å². The molecule has 1 fully saturated rings. The van der Waals surface area contributed by atoms with E-state index in [4.69, 9.17) is 17.0 Å². The summed E-state index contributed by atoms with van der Waals surface area (Å²) in [6.07, 6.45) is 2.05. The third kappa shape index (κ3) is 5.11. The van der Waals surface area contributed by atoms with Crippen molar-refractivity contribution in [1.82, 2.24) is 9.88 Å². The third-order valence-electron chi connectivity index (χ3n) is 5.56. The summed E-state index contributed by atoms with van der Waals surface area (Å²) < 4.78 is 19.0. The molecule has 0 saturated carbocycles. The quantitative estimate of drug-likeness (QED) is 0.566. The number of aromatic amines is 1. The Morgan fingerprint density at radius 3 is 2.74 bits per heavy atom. The first-order chi connectivity index (χ1) is 14.9. The molecule has 3 aromatic rings. The molecule has 2 heterocycles. The van der Waals surface area contributed by atoms with Crippen molar-refractivity contribution < 1.29 is 9.13 Å². The van der Waals surface area contributed by atoms with Gasteiger partial charge in [-0.15, -0.1) is 0 Å². The molecular weight excluding hydrogens is 413 g/mol. The zero-order chi connectivity index (χ0) is 22.0. The molecule has 31 heavy (non-hydrogen) atoms. The molecule has 4 rings (SSSR count). The van der Waals surface area contributed by atoms with Crippen molar-refractivity contribution in [2.75, 3.05) is 18.5 Å². The van der Waals surface area contributed by atoms with E-state index in [9.17, 15) is 9.18 Å². The van der Waals surface area contributed by atoms with Crippen LogP contribution in [0.3, 0.4) is 0 Å². The lowest BCUT2D eigenvalue weighted by Gasteiger charge is -2.28. The number of hydrogen-bond acceptors (Lipinski definition) is 3. The minimum absolute atomic E-state index is 0.0667. The van der Waals surface area contributed by atoms with Crippen LogP contribution in [0.1, 0.15) is 29.5 Å². The Morgan fingerprint density at radius 1 is 1.26 bits per heavy atom. The number of aryl methyl sites for hydroxylation is 2. The molecule has 0 amide bonds. The Bertz CT molecular complexity index is 1150. The fourth-order valence-corrected chi connectivity index (χ4v) is 4.30. The van der Waals surface area contributed by atoms with Gasteiger partial charge in [0.25, 0.3) is 5.56 Å². The molecule has 5 nitrogen and oxygen atoms in total. The normalized spacial score (nSPS) is 15.9. The van der Waals surface area contributed by atoms with Gasteiger partial charge in [0.1, 0.15) is 5.82 Å². The van der Waals surface area contributed by atoms with Gasteiger partial charge in [0.15, 0.2) is 5.11 Å². The summed E-state index contributed by atoms with van der Waals surface area (Å²) in [5.74, 6) is -0.305. The minimum Gasteiger partial charge on any atom is -0.376 e. The Labute approximate surface area is 186 Å². The number of fused-ring (bicyclic) bond motifs is 1. The van der Waals surface area contributed by atoms with Crippen LogP contribution in [-0.4, -0.2) is 34.3 Å². The van der Waals surface area contributed by atoms with Crippen LogP contribution in [-0.2, 0) is 11.3 Å². The third-order valence-corrected chi connectivity index (χ3v) is 5.92. The number of H-pyrrole nitrogens is 1. The van der Waals surface area contributed by atoms with Crippen LogP contribution in [0, 0.1) is 19.7 Å². The smallest absolute Gasteiger partial charge is 0.253 e. The summed E-state index contributed by atoms with van der Waals surface area (Å²) in [4.78, 5) is 17.8. The zero-order valence-corrected chi connectivity index (χ0v) is 18.5. The number of rotatable bonds is 5. The maximum atomic E-state index is 13.2. The number of nitrogens with zero attached hydrogens (tertiary/aromatic N) is 1. The van der Waals surface area contributed by atoms with Gasteiger partial charge in [-0.05, 0) is 86.3 Å². The molecule has 1 atom stereocenters. The van der Waals surface area contributed by atoms with Gasteiger partial charge in [0.05, 0.1) is 18.2 Å². The van der Waals surface area contributed by atoms with Crippen LogP contribution in [0.25, 0.3) is 10.9 Å². The van der Waals surface area contributed by atoms with E-state index in [1.807, 2.05) is 24.8 Å². The van der Waals surface area contributed by atoms with Crippen molar-refractivity contribution in [2.24, 2.45) is 0 Å². The molecule has 0 bridgehead atoms. The number of thiocarbonyl (C=S) groups is 1. The SMILES string of the molecule is Cc1cc(C)c2[nH]c(=O)c(CN(C[C@@H]3CCCO3)C(=S)Nc3ccc(F)cc3)cc2c1. The van der Waals surface area contributed by atoms with E-state index in [1.165, 1.54) is 12.1 Å². The topological polar surface area (TPSA) is 57.4 Å². The number of aromatic nitrogens is 1. The molecule has 2 N–H and O–H groups in total. The number of halogens is 1. The van der Waals surface area contributed by atoms with Gasteiger partial charge in [-0.25, -0.2) is 4.39 Å². The summed E-state index contributed by atoms with van der Waals surface area (Å²) >= 11 is 5.66. The lowest BCUT2D eigenvalue weighted by atomic mass is 10.1. The Kier molecular flexibility index (Phi) is 6.34. The fourth-order valence-electron chi connectivity index (χ4n) is 4.04. The van der Waals surface area contributed by atoms with Gasteiger partial charge in [-0.1, -0.05) is 11.6 Å². The van der Waals surface area contributed by atoms with Gasteiger partial charge in [-0.2, -0.15) is 0 Å². The molecule has 2 aromatic carbocycles. The highest BCUT2D eigenvalue weighted by Gasteiger charge is 2.22. The maximum absolute atomic E-state index is 13.2. The minimum atomic E-state index is -0.305. The van der Waals surface area contributed by atoms with Gasteiger partial charge in [0, 0.05) is 24.4 Å². The van der Waals surface area contributed by atoms with Crippen LogP contribution in [0.2, 0.25) is 0 Å². The molecular formula is C24H26FN3O2S. The average Bonchev–Trinajstić information content (AvgIpc) is 3.23. The van der Waals surface area contributed by atoms with Gasteiger partial charge < -0.3 is 19.9 Å². The lowest BCUT2D eigenvalue weighted by molar-refractivity contribution is 0.0904. The highest BCUT2D eigenvalue weighted by atomic mass is 32.1. The summed E-state index contributed by atoms with van der Waals surface area (Å²) in [6.45, 7) is 5.72. The summed E-state index contributed by atoms with van der Waals surface area (Å²) in [6, 6.07) is 12.1. The monoisotopic (exact) mass is 439 g/mol. The lowest BCUT2D eigenvalue weighted by Crippen LogP contribution is -2.40. The van der Waals surface area contributed by atoms with Crippen LogP contribution in [0.15, 0.2) is 47.3 Å². The van der Waals surface area contributed by atoms with E-state index in [0.717, 1.165) is 41.5 Å². The van der Waals surface area contributed by atoms with Crippen molar-refractivity contribution >= 4 is 33.9 Å². The molecule has 162 valence electrons. The van der Waals surface area contributed by atoms with Crippen LogP contribution in [0.4, 0.5) is 10.1 Å². The fraction of sp³-hybridized carbons (Fsp3) is 0.333. The van der Waals surface area contributed by atoms with E-state index < -0.39 is 0 Å². The largest absolute Gasteiger partial charge is 0.376 e. The number of pyridine rings is 1. The highest BCUT2D eigenvalue weighted by Crippen LogP contribution is 2.20. The van der Waals surface area contributed by atoms with Crippen molar-refractivity contribution in [3.8, 4) is 0 Å². The van der Waals surface area contributed by atoms with E-state index in [2.05, 4.69) is 22.4 Å². The standard InChI is InChI=1S/C24H26FN3O2S/c1-15-10-16(2)22-17(11-15)12-18(23(29)27-22)13-28(14-21-4-3-9-30-21)24(31)26-20-7-5-19(25)6-8-20/h5-8,10-12,21H,3-4,9,13-14H2,1-2H3,(H,26,31)(H,27,29)/t21-/m0/s1. The van der Waals surface area contributed by atoms with E-state index >= 15 is 0 Å². The number of nitrogens with one attached hydrogen (secondary N) is 2. The van der Waals surface area contributed by atoms with Gasteiger partial charge in [0.2, 0.25) is 0 Å². The Morgan fingerprint density at radius 2 is 2.03 bits per heavy atom. The van der Waals surface area contributed by atoms with Crippen molar-refractivity contribution in [3.05, 3.63) is 75.3 Å². The van der Waals surface area contributed by atoms with E-state index in [-0.39, 0.29) is 17.5 Å². The van der Waals surface area contributed by atoms with Crippen LogP contribution >= 0.6 is 12.2 Å². The summed E-state index contributed by atoms with van der Waals surface area (Å²) in [5, 5.41) is 4.64. The molecule has 0 aliphatic carbocycles. The molecule has 1 saturated heterocycles. The molecule has 1 aliphatic heterocycles. The predicted molar refractivity (Wildman–Crippen MR) is 126 cm³/mol. The number of ether oxygens (including phenoxy) is 1. The molecule has 1 aliphatic rings. The molecule has 0 radical (unpaired) electrons.